The number of fused-ring (bicyclic) bond motifs is 6. The largest absolute Gasteiger partial charge is 0.454 e. The second-order valence-electron chi connectivity index (χ2n) is 11.1. The van der Waals surface area contributed by atoms with Crippen molar-refractivity contribution >= 4 is 21.9 Å². The van der Waals surface area contributed by atoms with Crippen LogP contribution in [0.5, 0.6) is 0 Å². The number of furan rings is 1. The SMILES string of the molecule is Cc1ccc2c(oc3c(-c4ccc5c(c4)-c4cccc(C#N)c4C5(C)C)c(C#N)ccc32)c1-c1cccc[n+]1C. The van der Waals surface area contributed by atoms with Crippen LogP contribution in [0.1, 0.15) is 41.7 Å². The standard InChI is InChI=1S/C36H26N3O/c1-21-11-14-26-27-15-12-23(19-37)32(35(27)40-34(26)31(21)30-10-5-6-17-39(30)4)22-13-16-29-28(18-22)25-9-7-8-24(20-38)33(25)36(29,2)3/h5-18H,1-4H3/q+1. The van der Waals surface area contributed by atoms with E-state index < -0.39 is 0 Å². The van der Waals surface area contributed by atoms with E-state index in [0.717, 1.165) is 61.0 Å². The van der Waals surface area contributed by atoms with Crippen LogP contribution in [0.2, 0.25) is 0 Å². The van der Waals surface area contributed by atoms with E-state index in [-0.39, 0.29) is 5.41 Å². The molecule has 0 fully saturated rings. The van der Waals surface area contributed by atoms with Crippen LogP contribution in [0.25, 0.3) is 55.4 Å². The smallest absolute Gasteiger partial charge is 0.216 e. The quantitative estimate of drug-likeness (QED) is 0.218. The average molecular weight is 517 g/mol. The molecule has 2 aromatic heterocycles. The van der Waals surface area contributed by atoms with Gasteiger partial charge in [-0.05, 0) is 70.6 Å². The minimum Gasteiger partial charge on any atom is -0.454 e. The molecule has 1 aliphatic carbocycles. The minimum atomic E-state index is -0.295. The lowest BCUT2D eigenvalue weighted by Crippen LogP contribution is -2.30. The number of aromatic nitrogens is 1. The molecule has 0 saturated heterocycles. The zero-order chi connectivity index (χ0) is 27.8. The Morgan fingerprint density at radius 1 is 0.750 bits per heavy atom. The number of benzene rings is 4. The van der Waals surface area contributed by atoms with Crippen molar-refractivity contribution in [2.75, 3.05) is 0 Å². The number of nitriles is 2. The van der Waals surface area contributed by atoms with Crippen LogP contribution in [0, 0.1) is 29.6 Å². The summed E-state index contributed by atoms with van der Waals surface area (Å²) in [5.41, 5.74) is 11.9. The molecule has 0 saturated carbocycles. The zero-order valence-electron chi connectivity index (χ0n) is 22.8. The second-order valence-corrected chi connectivity index (χ2v) is 11.1. The van der Waals surface area contributed by atoms with Crippen molar-refractivity contribution in [3.05, 3.63) is 113 Å². The number of hydrogen-bond acceptors (Lipinski definition) is 3. The molecule has 0 amide bonds. The van der Waals surface area contributed by atoms with E-state index in [1.54, 1.807) is 0 Å². The Kier molecular flexibility index (Phi) is 5.02. The lowest BCUT2D eigenvalue weighted by atomic mass is 9.80. The maximum absolute atomic E-state index is 10.2. The van der Waals surface area contributed by atoms with Gasteiger partial charge in [-0.25, -0.2) is 4.57 Å². The number of aryl methyl sites for hydroxylation is 2. The van der Waals surface area contributed by atoms with Gasteiger partial charge in [-0.3, -0.25) is 0 Å². The van der Waals surface area contributed by atoms with E-state index in [1.807, 2.05) is 49.6 Å². The van der Waals surface area contributed by atoms with Crippen LogP contribution in [0.15, 0.2) is 89.5 Å². The summed E-state index contributed by atoms with van der Waals surface area (Å²) in [6.45, 7) is 6.45. The first kappa shape index (κ1) is 23.9. The molecule has 190 valence electrons. The minimum absolute atomic E-state index is 0.295. The Bertz CT molecular complexity index is 2130. The molecule has 0 atom stereocenters. The number of nitrogens with zero attached hydrogens (tertiary/aromatic N) is 3. The molecular formula is C36H26N3O+. The molecule has 0 radical (unpaired) electrons. The second kappa shape index (κ2) is 8.40. The number of pyridine rings is 1. The highest BCUT2D eigenvalue weighted by molar-refractivity contribution is 6.14. The molecule has 0 bridgehead atoms. The van der Waals surface area contributed by atoms with Gasteiger partial charge in [0.05, 0.1) is 28.8 Å². The third kappa shape index (κ3) is 3.14. The third-order valence-electron chi connectivity index (χ3n) is 8.53. The topological polar surface area (TPSA) is 64.6 Å². The first-order chi connectivity index (χ1) is 19.3. The zero-order valence-corrected chi connectivity index (χ0v) is 22.8. The number of rotatable bonds is 2. The summed E-state index contributed by atoms with van der Waals surface area (Å²) in [4.78, 5) is 0. The van der Waals surface area contributed by atoms with E-state index in [0.29, 0.717) is 16.7 Å². The summed E-state index contributed by atoms with van der Waals surface area (Å²) < 4.78 is 8.86. The van der Waals surface area contributed by atoms with Gasteiger partial charge in [-0.15, -0.1) is 0 Å². The summed E-state index contributed by atoms with van der Waals surface area (Å²) in [6, 6.07) is 31.4. The molecule has 4 heteroatoms. The Morgan fingerprint density at radius 2 is 1.50 bits per heavy atom. The lowest BCUT2D eigenvalue weighted by molar-refractivity contribution is -0.660. The van der Waals surface area contributed by atoms with Crippen molar-refractivity contribution < 1.29 is 8.98 Å². The maximum atomic E-state index is 10.2. The van der Waals surface area contributed by atoms with E-state index in [1.165, 1.54) is 5.56 Å². The lowest BCUT2D eigenvalue weighted by Gasteiger charge is -2.22. The number of hydrogen-bond donors (Lipinski definition) is 0. The molecular weight excluding hydrogens is 490 g/mol. The summed E-state index contributed by atoms with van der Waals surface area (Å²) >= 11 is 0. The molecule has 0 spiro atoms. The summed E-state index contributed by atoms with van der Waals surface area (Å²) in [5, 5.41) is 22.0. The van der Waals surface area contributed by atoms with E-state index in [2.05, 4.69) is 79.9 Å². The highest BCUT2D eigenvalue weighted by Gasteiger charge is 2.37. The van der Waals surface area contributed by atoms with Crippen LogP contribution < -0.4 is 4.57 Å². The summed E-state index contributed by atoms with van der Waals surface area (Å²) in [5.74, 6) is 0. The molecule has 0 unspecified atom stereocenters. The van der Waals surface area contributed by atoms with Crippen LogP contribution in [0.3, 0.4) is 0 Å². The van der Waals surface area contributed by atoms with E-state index in [4.69, 9.17) is 4.42 Å². The molecule has 1 aliphatic rings. The van der Waals surface area contributed by atoms with Crippen molar-refractivity contribution in [2.24, 2.45) is 7.05 Å². The molecule has 6 aromatic rings. The summed E-state index contributed by atoms with van der Waals surface area (Å²) in [7, 11) is 2.04. The van der Waals surface area contributed by atoms with Gasteiger partial charge in [0, 0.05) is 33.9 Å². The van der Waals surface area contributed by atoms with Crippen LogP contribution in [-0.2, 0) is 12.5 Å². The average Bonchev–Trinajstić information content (AvgIpc) is 3.45. The van der Waals surface area contributed by atoms with Crippen LogP contribution in [-0.4, -0.2) is 0 Å². The van der Waals surface area contributed by atoms with Gasteiger partial charge in [-0.1, -0.05) is 50.2 Å². The van der Waals surface area contributed by atoms with Crippen LogP contribution >= 0.6 is 0 Å². The van der Waals surface area contributed by atoms with Crippen molar-refractivity contribution in [3.63, 3.8) is 0 Å². The van der Waals surface area contributed by atoms with Gasteiger partial charge >= 0.3 is 0 Å². The Labute approximate surface area is 233 Å². The Morgan fingerprint density at radius 3 is 2.25 bits per heavy atom. The molecule has 0 aliphatic heterocycles. The molecule has 2 heterocycles. The summed E-state index contributed by atoms with van der Waals surface area (Å²) in [6.07, 6.45) is 2.04. The van der Waals surface area contributed by atoms with Crippen molar-refractivity contribution in [1.29, 1.82) is 10.5 Å². The van der Waals surface area contributed by atoms with Gasteiger partial charge in [0.1, 0.15) is 18.2 Å². The van der Waals surface area contributed by atoms with Crippen molar-refractivity contribution in [3.8, 4) is 45.6 Å². The molecule has 0 N–H and O–H groups in total. The predicted octanol–water partition coefficient (Wildman–Crippen LogP) is 8.10. The Balaban J connectivity index is 1.54. The van der Waals surface area contributed by atoms with Gasteiger partial charge in [0.25, 0.3) is 0 Å². The first-order valence-electron chi connectivity index (χ1n) is 13.4. The van der Waals surface area contributed by atoms with E-state index >= 15 is 0 Å². The molecule has 4 aromatic carbocycles. The predicted molar refractivity (Wildman–Crippen MR) is 157 cm³/mol. The fraction of sp³-hybridized carbons (Fsp3) is 0.139. The monoisotopic (exact) mass is 516 g/mol. The van der Waals surface area contributed by atoms with Crippen LogP contribution in [0.4, 0.5) is 0 Å². The van der Waals surface area contributed by atoms with E-state index in [9.17, 15) is 10.5 Å². The van der Waals surface area contributed by atoms with Crippen molar-refractivity contribution in [1.82, 2.24) is 0 Å². The normalized spacial score (nSPS) is 13.2. The van der Waals surface area contributed by atoms with Gasteiger partial charge < -0.3 is 4.42 Å². The molecule has 7 rings (SSSR count). The fourth-order valence-corrected chi connectivity index (χ4v) is 6.63. The third-order valence-corrected chi connectivity index (χ3v) is 8.53. The maximum Gasteiger partial charge on any atom is 0.216 e. The molecule has 40 heavy (non-hydrogen) atoms. The first-order valence-corrected chi connectivity index (χ1v) is 13.4. The van der Waals surface area contributed by atoms with Gasteiger partial charge in [-0.2, -0.15) is 10.5 Å². The molecule has 4 nitrogen and oxygen atoms in total. The van der Waals surface area contributed by atoms with Crippen molar-refractivity contribution in [2.45, 2.75) is 26.2 Å². The fourth-order valence-electron chi connectivity index (χ4n) is 6.63. The van der Waals surface area contributed by atoms with Gasteiger partial charge in [0.15, 0.2) is 6.20 Å². The highest BCUT2D eigenvalue weighted by atomic mass is 16.3. The Hall–Kier alpha value is -5.19. The highest BCUT2D eigenvalue weighted by Crippen LogP contribution is 2.51. The van der Waals surface area contributed by atoms with Gasteiger partial charge in [0.2, 0.25) is 5.69 Å².